The molecule has 1 saturated carbocycles. The molecule has 1 aliphatic heterocycles. The molecule has 2 amide bonds. The third-order valence-corrected chi connectivity index (χ3v) is 10.1. The summed E-state index contributed by atoms with van der Waals surface area (Å²) < 4.78 is 46.0. The number of carbonyl (C=O) groups excluding carboxylic acids is 1. The van der Waals surface area contributed by atoms with Gasteiger partial charge in [-0.25, -0.2) is 22.9 Å². The van der Waals surface area contributed by atoms with Gasteiger partial charge in [-0.15, -0.1) is 0 Å². The van der Waals surface area contributed by atoms with E-state index in [1.165, 1.54) is 0 Å². The molecule has 3 heterocycles. The number of hydrogen-bond acceptors (Lipinski definition) is 4. The van der Waals surface area contributed by atoms with Crippen LogP contribution in [0.1, 0.15) is 55.7 Å². The first kappa shape index (κ1) is 31.5. The highest BCUT2D eigenvalue weighted by atomic mass is 35.5. The molecule has 0 bridgehead atoms. The Morgan fingerprint density at radius 1 is 1.27 bits per heavy atom. The topological polar surface area (TPSA) is 100.0 Å². The van der Waals surface area contributed by atoms with Crippen LogP contribution in [-0.2, 0) is 6.42 Å². The van der Waals surface area contributed by atoms with Gasteiger partial charge in [-0.2, -0.15) is 5.26 Å². The van der Waals surface area contributed by atoms with Crippen molar-refractivity contribution in [1.82, 2.24) is 19.8 Å². The second kappa shape index (κ2) is 11.7. The number of halogens is 5. The Bertz CT molecular complexity index is 1880. The van der Waals surface area contributed by atoms with Crippen LogP contribution in [-0.4, -0.2) is 46.0 Å². The van der Waals surface area contributed by atoms with Crippen LogP contribution in [0.5, 0.6) is 0 Å². The van der Waals surface area contributed by atoms with Gasteiger partial charge in [-0.3, -0.25) is 0 Å². The molecule has 7 nitrogen and oxygen atoms in total. The van der Waals surface area contributed by atoms with Crippen LogP contribution < -0.4 is 11.1 Å². The van der Waals surface area contributed by atoms with Gasteiger partial charge in [0.15, 0.2) is 5.82 Å². The molecule has 4 aromatic rings. The van der Waals surface area contributed by atoms with Crippen LogP contribution in [0.2, 0.25) is 10.0 Å². The third-order valence-electron chi connectivity index (χ3n) is 9.30. The number of nitrogens with two attached hydrogens (primary N) is 1. The number of likely N-dealkylation sites (tertiary alicyclic amines) is 1. The molecule has 2 aromatic carbocycles. The lowest BCUT2D eigenvalue weighted by Crippen LogP contribution is -2.61. The summed E-state index contributed by atoms with van der Waals surface area (Å²) in [7, 11) is 0. The molecule has 2 fully saturated rings. The van der Waals surface area contributed by atoms with Crippen molar-refractivity contribution < 1.29 is 18.0 Å². The Morgan fingerprint density at radius 2 is 2.00 bits per heavy atom. The number of pyridine rings is 1. The summed E-state index contributed by atoms with van der Waals surface area (Å²) in [4.78, 5) is 18.7. The van der Waals surface area contributed by atoms with Gasteiger partial charge < -0.3 is 20.5 Å². The summed E-state index contributed by atoms with van der Waals surface area (Å²) in [6, 6.07) is 9.81. The predicted octanol–water partition coefficient (Wildman–Crippen LogP) is 7.94. The third kappa shape index (κ3) is 5.29. The van der Waals surface area contributed by atoms with E-state index in [0.29, 0.717) is 28.8 Å². The van der Waals surface area contributed by atoms with E-state index in [0.717, 1.165) is 27.9 Å². The molecular formula is C33H33Cl2F3N6O. The van der Waals surface area contributed by atoms with E-state index in [4.69, 9.17) is 33.9 Å². The first-order valence-electron chi connectivity index (χ1n) is 15.0. The molecule has 1 aliphatic carbocycles. The summed E-state index contributed by atoms with van der Waals surface area (Å²) in [6.07, 6.45) is 1.33. The number of nitrogens with zero attached hydrogens (tertiary/aromatic N) is 4. The summed E-state index contributed by atoms with van der Waals surface area (Å²) in [6.45, 7) is 4.94. The Balaban J connectivity index is 1.60. The molecule has 236 valence electrons. The highest BCUT2D eigenvalue weighted by Crippen LogP contribution is 2.49. The number of aromatic nitrogens is 2. The quantitative estimate of drug-likeness (QED) is 0.211. The second-order valence-electron chi connectivity index (χ2n) is 12.4. The van der Waals surface area contributed by atoms with Crippen LogP contribution in [0.25, 0.3) is 32.9 Å². The largest absolute Gasteiger partial charge is 0.338 e. The van der Waals surface area contributed by atoms with Crippen molar-refractivity contribution in [3.63, 3.8) is 0 Å². The molecular weight excluding hydrogens is 624 g/mol. The molecule has 2 aromatic heterocycles. The van der Waals surface area contributed by atoms with Gasteiger partial charge in [0.2, 0.25) is 0 Å². The fourth-order valence-corrected chi connectivity index (χ4v) is 7.46. The van der Waals surface area contributed by atoms with Gasteiger partial charge in [0.05, 0.1) is 40.8 Å². The van der Waals surface area contributed by atoms with Crippen LogP contribution in [0.3, 0.4) is 0 Å². The Hall–Kier alpha value is -3.52. The van der Waals surface area contributed by atoms with Gasteiger partial charge in [0.1, 0.15) is 5.52 Å². The Morgan fingerprint density at radius 3 is 2.64 bits per heavy atom. The lowest BCUT2D eigenvalue weighted by Gasteiger charge is -2.45. The van der Waals surface area contributed by atoms with Crippen LogP contribution in [0.4, 0.5) is 18.0 Å². The normalized spacial score (nSPS) is 21.3. The lowest BCUT2D eigenvalue weighted by molar-refractivity contribution is -0.110. The van der Waals surface area contributed by atoms with Gasteiger partial charge in [-0.05, 0) is 68.8 Å². The predicted molar refractivity (Wildman–Crippen MR) is 170 cm³/mol. The van der Waals surface area contributed by atoms with E-state index in [9.17, 15) is 18.8 Å². The van der Waals surface area contributed by atoms with Crippen molar-refractivity contribution in [3.8, 4) is 17.2 Å². The van der Waals surface area contributed by atoms with Crippen molar-refractivity contribution in [1.29, 1.82) is 5.26 Å². The van der Waals surface area contributed by atoms with Crippen LogP contribution >= 0.6 is 23.2 Å². The molecule has 2 aliphatic rings. The minimum absolute atomic E-state index is 0.0483. The maximum Gasteiger partial charge on any atom is 0.318 e. The van der Waals surface area contributed by atoms with Crippen molar-refractivity contribution in [3.05, 3.63) is 63.1 Å². The van der Waals surface area contributed by atoms with Crippen molar-refractivity contribution in [2.45, 2.75) is 58.0 Å². The maximum absolute atomic E-state index is 16.8. The molecule has 6 rings (SSSR count). The zero-order chi connectivity index (χ0) is 32.4. The van der Waals surface area contributed by atoms with E-state index in [-0.39, 0.29) is 51.8 Å². The smallest absolute Gasteiger partial charge is 0.318 e. The molecule has 1 saturated heterocycles. The molecule has 4 atom stereocenters. The number of alkyl halides is 2. The number of carbonyl (C=O) groups is 1. The highest BCUT2D eigenvalue weighted by molar-refractivity contribution is 6.43. The number of benzene rings is 2. The first-order valence-corrected chi connectivity index (χ1v) is 15.7. The molecule has 0 radical (unpaired) electrons. The van der Waals surface area contributed by atoms with Crippen LogP contribution in [0.15, 0.2) is 30.3 Å². The summed E-state index contributed by atoms with van der Waals surface area (Å²) in [5, 5.41) is 14.2. The zero-order valence-electron chi connectivity index (χ0n) is 25.1. The lowest BCUT2D eigenvalue weighted by atomic mass is 9.70. The van der Waals surface area contributed by atoms with Gasteiger partial charge >= 0.3 is 6.03 Å². The molecule has 0 spiro atoms. The minimum atomic E-state index is -2.88. The number of amides is 2. The SMILES string of the molecule is Cc1nc2c(F)c(-c3cccc(Cl)c3Cl)c(CCC#N)cc2c2c1cc([C@@H](C)NC(=O)N1CC(F)(F)C1)n2[C@H]1[C@@H](CN)C[C@@H]1C. The van der Waals surface area contributed by atoms with E-state index >= 15 is 4.39 Å². The van der Waals surface area contributed by atoms with Crippen molar-refractivity contribution in [2.24, 2.45) is 17.6 Å². The summed E-state index contributed by atoms with van der Waals surface area (Å²) in [5.74, 6) is -3.07. The average molecular weight is 658 g/mol. The number of fused-ring (bicyclic) bond motifs is 3. The van der Waals surface area contributed by atoms with Crippen molar-refractivity contribution >= 4 is 51.0 Å². The summed E-state index contributed by atoms with van der Waals surface area (Å²) in [5.41, 5.74) is 9.68. The molecule has 12 heteroatoms. The number of rotatable bonds is 7. The molecule has 45 heavy (non-hydrogen) atoms. The Kier molecular flexibility index (Phi) is 8.17. The average Bonchev–Trinajstić information content (AvgIpc) is 3.36. The minimum Gasteiger partial charge on any atom is -0.338 e. The zero-order valence-corrected chi connectivity index (χ0v) is 26.6. The molecule has 3 N–H and O–H groups in total. The number of hydrogen-bond donors (Lipinski definition) is 2. The van der Waals surface area contributed by atoms with E-state index in [2.05, 4.69) is 22.9 Å². The van der Waals surface area contributed by atoms with Crippen LogP contribution in [0, 0.1) is 35.9 Å². The first-order chi connectivity index (χ1) is 21.4. The van der Waals surface area contributed by atoms with Gasteiger partial charge in [0.25, 0.3) is 5.92 Å². The Labute approximate surface area is 269 Å². The van der Waals surface area contributed by atoms with Gasteiger partial charge in [0, 0.05) is 45.7 Å². The number of aryl methyl sites for hydroxylation is 2. The molecule has 0 unspecified atom stereocenters. The fraction of sp³-hybridized carbons (Fsp3) is 0.424. The van der Waals surface area contributed by atoms with Gasteiger partial charge in [-0.1, -0.05) is 42.3 Å². The fourth-order valence-electron chi connectivity index (χ4n) is 7.07. The summed E-state index contributed by atoms with van der Waals surface area (Å²) >= 11 is 12.9. The second-order valence-corrected chi connectivity index (χ2v) is 13.1. The standard InChI is InChI=1S/C33H33Cl2F3N6O/c1-16-10-20(13-40)30(16)44-25(18(3)42-32(45)43-14-33(37,38)15-43)12-22-17(2)41-29-23(31(22)44)11-19(6-5-9-39)26(28(29)36)21-7-4-8-24(34)27(21)35/h4,7-8,11-12,16,18,20,30H,5-6,10,13-15,40H2,1-3H3,(H,42,45)/t16-,18+,20+,30+/m0/s1. The van der Waals surface area contributed by atoms with Crippen molar-refractivity contribution in [2.75, 3.05) is 19.6 Å². The monoisotopic (exact) mass is 656 g/mol. The number of urea groups is 1. The van der Waals surface area contributed by atoms with E-state index in [1.54, 1.807) is 25.1 Å². The maximum atomic E-state index is 16.8. The highest BCUT2D eigenvalue weighted by Gasteiger charge is 2.47. The number of nitrogens with one attached hydrogen (secondary N) is 1. The number of nitriles is 1. The van der Waals surface area contributed by atoms with E-state index in [1.807, 2.05) is 19.1 Å². The van der Waals surface area contributed by atoms with E-state index < -0.39 is 36.9 Å².